The maximum absolute atomic E-state index is 10.7. The molecule has 0 N–H and O–H groups in total. The summed E-state index contributed by atoms with van der Waals surface area (Å²) in [5.74, 6) is 0.557. The number of rotatable bonds is 1. The molecule has 1 aliphatic rings. The second-order valence-electron chi connectivity index (χ2n) is 2.56. The van der Waals surface area contributed by atoms with E-state index in [4.69, 9.17) is 0 Å². The van der Waals surface area contributed by atoms with Gasteiger partial charge in [-0.2, -0.15) is 5.92 Å². The van der Waals surface area contributed by atoms with Crippen molar-refractivity contribution in [2.45, 2.75) is 12.8 Å². The Morgan fingerprint density at radius 1 is 1.60 bits per heavy atom. The van der Waals surface area contributed by atoms with Gasteiger partial charge < -0.3 is 11.7 Å². The predicted octanol–water partition coefficient (Wildman–Crippen LogP) is 1.02. The summed E-state index contributed by atoms with van der Waals surface area (Å²) < 4.78 is 4.54. The van der Waals surface area contributed by atoms with Crippen LogP contribution in [0, 0.1) is 18.8 Å². The van der Waals surface area contributed by atoms with Crippen molar-refractivity contribution >= 4 is 5.97 Å². The van der Waals surface area contributed by atoms with Crippen LogP contribution in [-0.4, -0.2) is 13.1 Å². The van der Waals surface area contributed by atoms with E-state index in [9.17, 15) is 4.79 Å². The van der Waals surface area contributed by atoms with Gasteiger partial charge in [-0.05, 0) is 0 Å². The van der Waals surface area contributed by atoms with E-state index < -0.39 is 0 Å². The molecule has 1 rings (SSSR count). The minimum absolute atomic E-state index is 0. The number of hydrogen-bond donors (Lipinski definition) is 0. The van der Waals surface area contributed by atoms with Gasteiger partial charge in [0.15, 0.2) is 0 Å². The first-order valence-electron chi connectivity index (χ1n) is 3.15. The SMILES string of the molecule is [CH2-]C1CC(C(=O)OC)C1.[Zn+2]. The zero-order valence-corrected chi connectivity index (χ0v) is 9.27. The van der Waals surface area contributed by atoms with Crippen LogP contribution < -0.4 is 0 Å². The fourth-order valence-electron chi connectivity index (χ4n) is 1.09. The maximum Gasteiger partial charge on any atom is 2.00 e. The Bertz CT molecular complexity index is 119. The molecule has 0 aromatic heterocycles. The number of carbonyl (C=O) groups excluding carboxylic acids is 1. The third kappa shape index (κ3) is 2.05. The van der Waals surface area contributed by atoms with Gasteiger partial charge in [0.1, 0.15) is 0 Å². The normalized spacial score (nSPS) is 29.8. The molecule has 0 saturated heterocycles. The quantitative estimate of drug-likeness (QED) is 0.352. The van der Waals surface area contributed by atoms with E-state index in [2.05, 4.69) is 11.7 Å². The Balaban J connectivity index is 0.000000810. The van der Waals surface area contributed by atoms with Crippen LogP contribution in [0.1, 0.15) is 12.8 Å². The summed E-state index contributed by atoms with van der Waals surface area (Å²) in [5, 5.41) is 0. The molecule has 0 spiro atoms. The average molecular weight is 193 g/mol. The standard InChI is InChI=1S/C7H11O2.Zn/c1-5-3-6(4-5)7(8)9-2;/h5-6H,1,3-4H2,2H3;/q-1;+2. The molecule has 0 aromatic rings. The summed E-state index contributed by atoms with van der Waals surface area (Å²) >= 11 is 0. The van der Waals surface area contributed by atoms with E-state index in [1.807, 2.05) is 0 Å². The van der Waals surface area contributed by atoms with Crippen molar-refractivity contribution in [2.75, 3.05) is 7.11 Å². The van der Waals surface area contributed by atoms with Crippen LogP contribution in [0.4, 0.5) is 0 Å². The Labute approximate surface area is 74.1 Å². The third-order valence-corrected chi connectivity index (χ3v) is 1.77. The van der Waals surface area contributed by atoms with E-state index in [-0.39, 0.29) is 31.4 Å². The van der Waals surface area contributed by atoms with E-state index >= 15 is 0 Å². The molecule has 1 saturated carbocycles. The molecule has 0 aliphatic heterocycles. The van der Waals surface area contributed by atoms with Crippen LogP contribution in [0.3, 0.4) is 0 Å². The van der Waals surface area contributed by atoms with Gasteiger partial charge in [-0.15, -0.1) is 0 Å². The topological polar surface area (TPSA) is 26.3 Å². The fourth-order valence-corrected chi connectivity index (χ4v) is 1.09. The van der Waals surface area contributed by atoms with Gasteiger partial charge in [-0.1, -0.05) is 12.8 Å². The monoisotopic (exact) mass is 191 g/mol. The first-order chi connectivity index (χ1) is 4.24. The van der Waals surface area contributed by atoms with Gasteiger partial charge in [-0.3, -0.25) is 4.79 Å². The largest absolute Gasteiger partial charge is 2.00 e. The van der Waals surface area contributed by atoms with Crippen LogP contribution in [-0.2, 0) is 29.0 Å². The van der Waals surface area contributed by atoms with E-state index in [1.165, 1.54) is 7.11 Å². The van der Waals surface area contributed by atoms with Gasteiger partial charge in [-0.25, -0.2) is 0 Å². The molecule has 1 aliphatic carbocycles. The predicted molar refractivity (Wildman–Crippen MR) is 33.6 cm³/mol. The van der Waals surface area contributed by atoms with Gasteiger partial charge in [0.25, 0.3) is 0 Å². The van der Waals surface area contributed by atoms with Crippen molar-refractivity contribution in [1.29, 1.82) is 0 Å². The van der Waals surface area contributed by atoms with Crippen molar-refractivity contribution in [2.24, 2.45) is 11.8 Å². The second-order valence-corrected chi connectivity index (χ2v) is 2.56. The van der Waals surface area contributed by atoms with Crippen LogP contribution in [0.2, 0.25) is 0 Å². The number of carbonyl (C=O) groups is 1. The summed E-state index contributed by atoms with van der Waals surface area (Å²) in [6.45, 7) is 3.80. The van der Waals surface area contributed by atoms with Crippen molar-refractivity contribution in [3.8, 4) is 0 Å². The van der Waals surface area contributed by atoms with E-state index in [0.717, 1.165) is 12.8 Å². The molecule has 0 heterocycles. The Kier molecular flexibility index (Phi) is 4.11. The average Bonchev–Trinajstić information content (AvgIpc) is 1.79. The van der Waals surface area contributed by atoms with E-state index in [1.54, 1.807) is 0 Å². The van der Waals surface area contributed by atoms with Crippen LogP contribution in [0.5, 0.6) is 0 Å². The number of esters is 1. The smallest absolute Gasteiger partial charge is 0.469 e. The van der Waals surface area contributed by atoms with Gasteiger partial charge in [0.2, 0.25) is 0 Å². The maximum atomic E-state index is 10.7. The fraction of sp³-hybridized carbons (Fsp3) is 0.714. The van der Waals surface area contributed by atoms with Crippen LogP contribution in [0.15, 0.2) is 0 Å². The molecular formula is C7H11O2Zn+. The molecule has 0 radical (unpaired) electrons. The van der Waals surface area contributed by atoms with E-state index in [0.29, 0.717) is 5.92 Å². The first-order valence-corrected chi connectivity index (χ1v) is 3.15. The zero-order valence-electron chi connectivity index (χ0n) is 6.30. The zero-order chi connectivity index (χ0) is 6.85. The molecule has 0 amide bonds. The number of methoxy groups -OCH3 is 1. The molecule has 10 heavy (non-hydrogen) atoms. The Hall–Kier alpha value is 0.0934. The summed E-state index contributed by atoms with van der Waals surface area (Å²) in [6.07, 6.45) is 1.82. The second kappa shape index (κ2) is 4.07. The van der Waals surface area contributed by atoms with Crippen LogP contribution in [0.25, 0.3) is 0 Å². The molecule has 0 unspecified atom stereocenters. The summed E-state index contributed by atoms with van der Waals surface area (Å²) in [4.78, 5) is 10.7. The summed E-state index contributed by atoms with van der Waals surface area (Å²) in [5.41, 5.74) is 0. The first kappa shape index (κ1) is 10.1. The molecule has 0 bridgehead atoms. The van der Waals surface area contributed by atoms with Crippen molar-refractivity contribution in [3.63, 3.8) is 0 Å². The van der Waals surface area contributed by atoms with Crippen LogP contribution >= 0.6 is 0 Å². The minimum atomic E-state index is -0.0742. The number of hydrogen-bond acceptors (Lipinski definition) is 2. The molecular weight excluding hydrogens is 181 g/mol. The Morgan fingerprint density at radius 3 is 2.40 bits per heavy atom. The Morgan fingerprint density at radius 2 is 2.10 bits per heavy atom. The van der Waals surface area contributed by atoms with Crippen molar-refractivity contribution < 1.29 is 29.0 Å². The minimum Gasteiger partial charge on any atom is -0.469 e. The summed E-state index contributed by atoms with van der Waals surface area (Å²) in [6, 6.07) is 0. The molecule has 0 aromatic carbocycles. The summed E-state index contributed by atoms with van der Waals surface area (Å²) in [7, 11) is 1.43. The van der Waals surface area contributed by atoms with Gasteiger partial charge in [0, 0.05) is 0 Å². The molecule has 2 nitrogen and oxygen atoms in total. The van der Waals surface area contributed by atoms with Crippen molar-refractivity contribution in [3.05, 3.63) is 6.92 Å². The molecule has 0 atom stereocenters. The van der Waals surface area contributed by atoms with Crippen molar-refractivity contribution in [1.82, 2.24) is 0 Å². The van der Waals surface area contributed by atoms with Gasteiger partial charge in [0.05, 0.1) is 13.0 Å². The van der Waals surface area contributed by atoms with Gasteiger partial charge >= 0.3 is 25.4 Å². The molecule has 52 valence electrons. The third-order valence-electron chi connectivity index (χ3n) is 1.77. The number of ether oxygens (including phenoxy) is 1. The molecule has 3 heteroatoms. The molecule has 1 fully saturated rings.